The van der Waals surface area contributed by atoms with E-state index in [9.17, 15) is 14.9 Å². The van der Waals surface area contributed by atoms with E-state index >= 15 is 0 Å². The molecule has 138 valence electrons. The number of benzene rings is 2. The largest absolute Gasteiger partial charge is 0.312 e. The van der Waals surface area contributed by atoms with E-state index in [1.165, 1.54) is 35.2 Å². The lowest BCUT2D eigenvalue weighted by atomic mass is 10.3. The van der Waals surface area contributed by atoms with Gasteiger partial charge >= 0.3 is 0 Å². The minimum absolute atomic E-state index is 0.00529. The van der Waals surface area contributed by atoms with Crippen LogP contribution in [-0.2, 0) is 11.3 Å². The molecule has 0 saturated carbocycles. The predicted molar refractivity (Wildman–Crippen MR) is 109 cm³/mol. The lowest BCUT2D eigenvalue weighted by Gasteiger charge is -2.01. The Morgan fingerprint density at radius 3 is 2.74 bits per heavy atom. The van der Waals surface area contributed by atoms with Crippen molar-refractivity contribution in [2.75, 3.05) is 5.75 Å². The number of carbonyl (C=O) groups excluding carboxylic acids is 1. The van der Waals surface area contributed by atoms with Crippen LogP contribution >= 0.6 is 34.7 Å². The number of rotatable bonds is 6. The molecule has 1 amide bonds. The van der Waals surface area contributed by atoms with Gasteiger partial charge in [-0.25, -0.2) is 0 Å². The summed E-state index contributed by atoms with van der Waals surface area (Å²) in [6.07, 6.45) is 1.66. The summed E-state index contributed by atoms with van der Waals surface area (Å²) in [5, 5.41) is 11.7. The normalized spacial score (nSPS) is 11.7. The summed E-state index contributed by atoms with van der Waals surface area (Å²) in [6, 6.07) is 11.8. The minimum atomic E-state index is -0.444. The molecule has 2 aromatic carbocycles. The average Bonchev–Trinajstić information content (AvgIpc) is 2.98. The number of allylic oxidation sites excluding steroid dienone is 1. The molecule has 0 aliphatic heterocycles. The van der Waals surface area contributed by atoms with Gasteiger partial charge in [-0.1, -0.05) is 29.0 Å². The molecule has 0 atom stereocenters. The van der Waals surface area contributed by atoms with E-state index in [0.717, 1.165) is 9.60 Å². The highest BCUT2D eigenvalue weighted by Gasteiger charge is 2.12. The van der Waals surface area contributed by atoms with Crippen LogP contribution < -0.4 is 4.80 Å². The van der Waals surface area contributed by atoms with E-state index in [0.29, 0.717) is 21.9 Å². The van der Waals surface area contributed by atoms with Gasteiger partial charge in [0.05, 0.1) is 20.9 Å². The standard InChI is InChI=1S/C18H14ClN3O3S2/c1-2-9-21-15-10-13(22(24)25)5-8-16(15)27-18(21)20-17(23)11-26-14-6-3-12(19)4-7-14/h2-8,10H,1,9,11H2. The number of nitro benzene ring substituents is 1. The monoisotopic (exact) mass is 419 g/mol. The number of nitro groups is 1. The van der Waals surface area contributed by atoms with Crippen molar-refractivity contribution in [1.29, 1.82) is 0 Å². The van der Waals surface area contributed by atoms with E-state index in [1.54, 1.807) is 28.8 Å². The van der Waals surface area contributed by atoms with Gasteiger partial charge in [-0.2, -0.15) is 4.99 Å². The summed E-state index contributed by atoms with van der Waals surface area (Å²) in [5.74, 6) is -0.0989. The lowest BCUT2D eigenvalue weighted by molar-refractivity contribution is -0.384. The fraction of sp³-hybridized carbons (Fsp3) is 0.111. The van der Waals surface area contributed by atoms with E-state index in [-0.39, 0.29) is 17.3 Å². The number of carbonyl (C=O) groups is 1. The molecule has 0 aliphatic carbocycles. The topological polar surface area (TPSA) is 77.5 Å². The third-order valence-corrected chi connectivity index (χ3v) is 5.89. The molecule has 3 aromatic rings. The van der Waals surface area contributed by atoms with E-state index in [2.05, 4.69) is 11.6 Å². The van der Waals surface area contributed by atoms with Crippen LogP contribution in [0.3, 0.4) is 0 Å². The molecule has 0 aliphatic rings. The van der Waals surface area contributed by atoms with Crippen molar-refractivity contribution in [3.05, 3.63) is 75.1 Å². The van der Waals surface area contributed by atoms with Crippen LogP contribution in [0.1, 0.15) is 0 Å². The highest BCUT2D eigenvalue weighted by atomic mass is 35.5. The van der Waals surface area contributed by atoms with Crippen molar-refractivity contribution in [2.45, 2.75) is 11.4 Å². The molecule has 9 heteroatoms. The maximum absolute atomic E-state index is 12.3. The molecule has 6 nitrogen and oxygen atoms in total. The Bertz CT molecular complexity index is 1090. The zero-order chi connectivity index (χ0) is 19.4. The summed E-state index contributed by atoms with van der Waals surface area (Å²) in [6.45, 7) is 4.11. The van der Waals surface area contributed by atoms with Crippen LogP contribution in [-0.4, -0.2) is 21.2 Å². The number of thioether (sulfide) groups is 1. The van der Waals surface area contributed by atoms with Gasteiger partial charge in [0, 0.05) is 28.6 Å². The van der Waals surface area contributed by atoms with Crippen LogP contribution in [0.25, 0.3) is 10.2 Å². The van der Waals surface area contributed by atoms with E-state index in [1.807, 2.05) is 12.1 Å². The Balaban J connectivity index is 1.90. The first-order valence-electron chi connectivity index (χ1n) is 7.82. The number of hydrogen-bond acceptors (Lipinski definition) is 5. The Morgan fingerprint density at radius 2 is 2.07 bits per heavy atom. The number of fused-ring (bicyclic) bond motifs is 1. The predicted octanol–water partition coefficient (Wildman–Crippen LogP) is 4.67. The number of hydrogen-bond donors (Lipinski definition) is 0. The molecule has 1 aromatic heterocycles. The van der Waals surface area contributed by atoms with Gasteiger partial charge in [0.1, 0.15) is 0 Å². The number of non-ortho nitro benzene ring substituents is 1. The zero-order valence-corrected chi connectivity index (χ0v) is 16.4. The molecule has 1 heterocycles. The van der Waals surface area contributed by atoms with Gasteiger partial charge in [0.25, 0.3) is 11.6 Å². The van der Waals surface area contributed by atoms with Gasteiger partial charge < -0.3 is 4.57 Å². The smallest absolute Gasteiger partial charge is 0.271 e. The number of nitrogens with zero attached hydrogens (tertiary/aromatic N) is 3. The highest BCUT2D eigenvalue weighted by molar-refractivity contribution is 8.00. The molecule has 0 fully saturated rings. The third-order valence-electron chi connectivity index (χ3n) is 3.58. The SMILES string of the molecule is C=CCn1c(=NC(=O)CSc2ccc(Cl)cc2)sc2ccc([N+](=O)[O-])cc21. The summed E-state index contributed by atoms with van der Waals surface area (Å²) in [7, 11) is 0. The van der Waals surface area contributed by atoms with E-state index in [4.69, 9.17) is 11.6 Å². The van der Waals surface area contributed by atoms with Crippen molar-refractivity contribution in [3.63, 3.8) is 0 Å². The Labute approximate surface area is 168 Å². The molecule has 0 bridgehead atoms. The lowest BCUT2D eigenvalue weighted by Crippen LogP contribution is -2.16. The number of aromatic nitrogens is 1. The minimum Gasteiger partial charge on any atom is -0.312 e. The summed E-state index contributed by atoms with van der Waals surface area (Å²) >= 11 is 8.54. The van der Waals surface area contributed by atoms with Gasteiger partial charge in [-0.15, -0.1) is 18.3 Å². The zero-order valence-electron chi connectivity index (χ0n) is 14.0. The van der Waals surface area contributed by atoms with Crippen molar-refractivity contribution in [1.82, 2.24) is 4.57 Å². The molecule has 0 N–H and O–H groups in total. The quantitative estimate of drug-likeness (QED) is 0.252. The highest BCUT2D eigenvalue weighted by Crippen LogP contribution is 2.23. The van der Waals surface area contributed by atoms with Crippen molar-refractivity contribution in [3.8, 4) is 0 Å². The van der Waals surface area contributed by atoms with Crippen molar-refractivity contribution >= 4 is 56.5 Å². The van der Waals surface area contributed by atoms with E-state index < -0.39 is 4.92 Å². The summed E-state index contributed by atoms with van der Waals surface area (Å²) in [5.41, 5.74) is 0.653. The van der Waals surface area contributed by atoms with Crippen LogP contribution in [0.15, 0.2) is 65.0 Å². The first kappa shape index (κ1) is 19.3. The molecular formula is C18H14ClN3O3S2. The molecule has 0 radical (unpaired) electrons. The Kier molecular flexibility index (Phi) is 6.10. The average molecular weight is 420 g/mol. The van der Waals surface area contributed by atoms with Crippen molar-refractivity contribution < 1.29 is 9.72 Å². The van der Waals surface area contributed by atoms with Gasteiger partial charge in [-0.3, -0.25) is 14.9 Å². The van der Waals surface area contributed by atoms with Gasteiger partial charge in [0.2, 0.25) is 0 Å². The maximum atomic E-state index is 12.3. The first-order valence-corrected chi connectivity index (χ1v) is 10.0. The molecule has 27 heavy (non-hydrogen) atoms. The molecule has 3 rings (SSSR count). The third kappa shape index (κ3) is 4.65. The number of halogens is 1. The Morgan fingerprint density at radius 1 is 1.33 bits per heavy atom. The van der Waals surface area contributed by atoms with Crippen LogP contribution in [0.4, 0.5) is 5.69 Å². The molecular weight excluding hydrogens is 406 g/mol. The summed E-state index contributed by atoms with van der Waals surface area (Å²) < 4.78 is 2.57. The second-order valence-electron chi connectivity index (χ2n) is 5.44. The second kappa shape index (κ2) is 8.51. The number of amides is 1. The summed E-state index contributed by atoms with van der Waals surface area (Å²) in [4.78, 5) is 28.5. The van der Waals surface area contributed by atoms with Crippen LogP contribution in [0.2, 0.25) is 5.02 Å². The van der Waals surface area contributed by atoms with Gasteiger partial charge in [0.15, 0.2) is 4.80 Å². The second-order valence-corrected chi connectivity index (χ2v) is 7.94. The van der Waals surface area contributed by atoms with Crippen LogP contribution in [0, 0.1) is 10.1 Å². The molecule has 0 saturated heterocycles. The molecule has 0 spiro atoms. The number of thiazole rings is 1. The Hall–Kier alpha value is -2.42. The van der Waals surface area contributed by atoms with Crippen LogP contribution in [0.5, 0.6) is 0 Å². The fourth-order valence-corrected chi connectivity index (χ4v) is 4.22. The van der Waals surface area contributed by atoms with Crippen molar-refractivity contribution in [2.24, 2.45) is 4.99 Å². The van der Waals surface area contributed by atoms with Gasteiger partial charge in [-0.05, 0) is 30.3 Å². The molecule has 0 unspecified atom stereocenters. The maximum Gasteiger partial charge on any atom is 0.271 e. The first-order chi connectivity index (χ1) is 13.0. The fourth-order valence-electron chi connectivity index (χ4n) is 2.38.